The molecule has 2 aromatic heterocycles. The van der Waals surface area contributed by atoms with E-state index in [1.807, 2.05) is 31.4 Å². The van der Waals surface area contributed by atoms with E-state index in [1.54, 1.807) is 12.4 Å². The van der Waals surface area contributed by atoms with Crippen LogP contribution in [-0.2, 0) is 13.0 Å². The van der Waals surface area contributed by atoms with Crippen LogP contribution in [0.3, 0.4) is 0 Å². The van der Waals surface area contributed by atoms with E-state index in [2.05, 4.69) is 25.6 Å². The van der Waals surface area contributed by atoms with E-state index in [4.69, 9.17) is 0 Å². The number of anilines is 1. The summed E-state index contributed by atoms with van der Waals surface area (Å²) in [4.78, 5) is 12.7. The number of hydrogen-bond donors (Lipinski definition) is 2. The Hall–Kier alpha value is -2.01. The van der Waals surface area contributed by atoms with Gasteiger partial charge in [0.05, 0.1) is 0 Å². The molecule has 0 aliphatic carbocycles. The summed E-state index contributed by atoms with van der Waals surface area (Å²) in [5.41, 5.74) is 1.13. The van der Waals surface area contributed by atoms with Crippen molar-refractivity contribution in [2.45, 2.75) is 13.0 Å². The van der Waals surface area contributed by atoms with Crippen molar-refractivity contribution in [3.8, 4) is 0 Å². The molecule has 18 heavy (non-hydrogen) atoms. The Balaban J connectivity index is 1.93. The highest BCUT2D eigenvalue weighted by molar-refractivity contribution is 5.34. The second-order valence-corrected chi connectivity index (χ2v) is 3.93. The topological polar surface area (TPSA) is 62.7 Å². The zero-order valence-corrected chi connectivity index (χ0v) is 10.4. The molecule has 0 aromatic carbocycles. The Labute approximate surface area is 107 Å². The SMILES string of the molecule is CNCCc1nccc(NCc2cccnc2)n1. The summed E-state index contributed by atoms with van der Waals surface area (Å²) in [7, 11) is 1.92. The fraction of sp³-hybridized carbons (Fsp3) is 0.308. The highest BCUT2D eigenvalue weighted by Crippen LogP contribution is 2.05. The first kappa shape index (κ1) is 12.4. The largest absolute Gasteiger partial charge is 0.366 e. The van der Waals surface area contributed by atoms with Crippen molar-refractivity contribution in [1.29, 1.82) is 0 Å². The lowest BCUT2D eigenvalue weighted by Crippen LogP contribution is -2.13. The lowest BCUT2D eigenvalue weighted by atomic mass is 10.3. The zero-order chi connectivity index (χ0) is 12.6. The predicted octanol–water partition coefficient (Wildman–Crippen LogP) is 1.25. The van der Waals surface area contributed by atoms with Gasteiger partial charge in [0.1, 0.15) is 11.6 Å². The van der Waals surface area contributed by atoms with Crippen LogP contribution in [-0.4, -0.2) is 28.5 Å². The number of likely N-dealkylation sites (N-methyl/N-ethyl adjacent to an activating group) is 1. The van der Waals surface area contributed by atoms with Crippen LogP contribution in [0.5, 0.6) is 0 Å². The minimum absolute atomic E-state index is 0.719. The molecular weight excluding hydrogens is 226 g/mol. The van der Waals surface area contributed by atoms with Crippen LogP contribution in [0.2, 0.25) is 0 Å². The third kappa shape index (κ3) is 3.78. The summed E-state index contributed by atoms with van der Waals surface area (Å²) in [6.45, 7) is 1.60. The number of pyridine rings is 1. The molecule has 2 heterocycles. The van der Waals surface area contributed by atoms with Gasteiger partial charge in [-0.15, -0.1) is 0 Å². The van der Waals surface area contributed by atoms with E-state index in [0.29, 0.717) is 0 Å². The molecule has 5 heteroatoms. The van der Waals surface area contributed by atoms with Crippen LogP contribution < -0.4 is 10.6 Å². The van der Waals surface area contributed by atoms with Crippen LogP contribution in [0.1, 0.15) is 11.4 Å². The second kappa shape index (κ2) is 6.66. The lowest BCUT2D eigenvalue weighted by Gasteiger charge is -2.06. The molecule has 0 atom stereocenters. The second-order valence-electron chi connectivity index (χ2n) is 3.93. The molecule has 0 aliphatic heterocycles. The molecule has 0 saturated carbocycles. The highest BCUT2D eigenvalue weighted by atomic mass is 15.0. The molecule has 2 rings (SSSR count). The monoisotopic (exact) mass is 243 g/mol. The Morgan fingerprint density at radius 3 is 2.94 bits per heavy atom. The smallest absolute Gasteiger partial charge is 0.131 e. The summed E-state index contributed by atoms with van der Waals surface area (Å²) < 4.78 is 0. The van der Waals surface area contributed by atoms with E-state index in [0.717, 1.165) is 36.7 Å². The van der Waals surface area contributed by atoms with Gasteiger partial charge in [-0.3, -0.25) is 4.98 Å². The van der Waals surface area contributed by atoms with E-state index in [9.17, 15) is 0 Å². The Kier molecular flexibility index (Phi) is 4.60. The molecule has 0 amide bonds. The quantitative estimate of drug-likeness (QED) is 0.799. The first-order valence-corrected chi connectivity index (χ1v) is 5.98. The third-order valence-corrected chi connectivity index (χ3v) is 2.50. The van der Waals surface area contributed by atoms with Crippen LogP contribution in [0.25, 0.3) is 0 Å². The maximum absolute atomic E-state index is 4.44. The summed E-state index contributed by atoms with van der Waals surface area (Å²) in [6.07, 6.45) is 6.22. The fourth-order valence-corrected chi connectivity index (χ4v) is 1.55. The third-order valence-electron chi connectivity index (χ3n) is 2.50. The Morgan fingerprint density at radius 1 is 1.22 bits per heavy atom. The molecule has 0 unspecified atom stereocenters. The van der Waals surface area contributed by atoms with E-state index >= 15 is 0 Å². The number of nitrogens with one attached hydrogen (secondary N) is 2. The fourth-order valence-electron chi connectivity index (χ4n) is 1.55. The minimum Gasteiger partial charge on any atom is -0.366 e. The summed E-state index contributed by atoms with van der Waals surface area (Å²) in [5.74, 6) is 1.69. The van der Waals surface area contributed by atoms with Gasteiger partial charge in [0.2, 0.25) is 0 Å². The van der Waals surface area contributed by atoms with Gasteiger partial charge in [0.15, 0.2) is 0 Å². The van der Waals surface area contributed by atoms with Crippen molar-refractivity contribution in [2.75, 3.05) is 18.9 Å². The number of rotatable bonds is 6. The maximum Gasteiger partial charge on any atom is 0.131 e. The number of nitrogens with zero attached hydrogens (tertiary/aromatic N) is 3. The summed E-state index contributed by atoms with van der Waals surface area (Å²) in [5, 5.41) is 6.35. The number of hydrogen-bond acceptors (Lipinski definition) is 5. The molecule has 2 N–H and O–H groups in total. The molecule has 0 radical (unpaired) electrons. The van der Waals surface area contributed by atoms with Crippen LogP contribution >= 0.6 is 0 Å². The molecular formula is C13H17N5. The molecule has 0 aliphatic rings. The van der Waals surface area contributed by atoms with Gasteiger partial charge in [0, 0.05) is 38.1 Å². The van der Waals surface area contributed by atoms with Gasteiger partial charge in [-0.05, 0) is 24.7 Å². The summed E-state index contributed by atoms with van der Waals surface area (Å²) in [6, 6.07) is 5.83. The van der Waals surface area contributed by atoms with Crippen molar-refractivity contribution in [1.82, 2.24) is 20.3 Å². The molecule has 5 nitrogen and oxygen atoms in total. The number of aromatic nitrogens is 3. The van der Waals surface area contributed by atoms with Gasteiger partial charge < -0.3 is 10.6 Å². The molecule has 94 valence electrons. The van der Waals surface area contributed by atoms with Gasteiger partial charge in [-0.1, -0.05) is 6.07 Å². The van der Waals surface area contributed by atoms with Gasteiger partial charge in [-0.25, -0.2) is 9.97 Å². The molecule has 0 bridgehead atoms. The van der Waals surface area contributed by atoms with Crippen LogP contribution in [0, 0.1) is 0 Å². The molecule has 0 saturated heterocycles. The Morgan fingerprint density at radius 2 is 2.17 bits per heavy atom. The molecule has 0 fully saturated rings. The van der Waals surface area contributed by atoms with Crippen molar-refractivity contribution in [3.05, 3.63) is 48.2 Å². The predicted molar refractivity (Wildman–Crippen MR) is 71.2 cm³/mol. The van der Waals surface area contributed by atoms with E-state index in [-0.39, 0.29) is 0 Å². The lowest BCUT2D eigenvalue weighted by molar-refractivity contribution is 0.755. The first-order valence-electron chi connectivity index (χ1n) is 5.98. The van der Waals surface area contributed by atoms with Gasteiger partial charge >= 0.3 is 0 Å². The van der Waals surface area contributed by atoms with Crippen molar-refractivity contribution in [2.24, 2.45) is 0 Å². The standard InChI is InChI=1S/C13H17N5/c1-14-7-4-12-16-8-5-13(18-12)17-10-11-3-2-6-15-9-11/h2-3,5-6,8-9,14H,4,7,10H2,1H3,(H,16,17,18). The summed E-state index contributed by atoms with van der Waals surface area (Å²) >= 11 is 0. The van der Waals surface area contributed by atoms with Crippen molar-refractivity contribution < 1.29 is 0 Å². The van der Waals surface area contributed by atoms with Crippen molar-refractivity contribution in [3.63, 3.8) is 0 Å². The van der Waals surface area contributed by atoms with E-state index < -0.39 is 0 Å². The zero-order valence-electron chi connectivity index (χ0n) is 10.4. The minimum atomic E-state index is 0.719. The maximum atomic E-state index is 4.44. The van der Waals surface area contributed by atoms with Crippen molar-refractivity contribution >= 4 is 5.82 Å². The van der Waals surface area contributed by atoms with E-state index in [1.165, 1.54) is 0 Å². The average molecular weight is 243 g/mol. The molecule has 0 spiro atoms. The van der Waals surface area contributed by atoms with Crippen LogP contribution in [0.4, 0.5) is 5.82 Å². The highest BCUT2D eigenvalue weighted by Gasteiger charge is 1.99. The molecule has 2 aromatic rings. The average Bonchev–Trinajstić information content (AvgIpc) is 2.44. The van der Waals surface area contributed by atoms with Gasteiger partial charge in [-0.2, -0.15) is 0 Å². The van der Waals surface area contributed by atoms with Gasteiger partial charge in [0.25, 0.3) is 0 Å². The van der Waals surface area contributed by atoms with Crippen LogP contribution in [0.15, 0.2) is 36.8 Å². The normalized spacial score (nSPS) is 10.3. The Bertz CT molecular complexity index is 472. The first-order chi connectivity index (χ1) is 8.88.